The van der Waals surface area contributed by atoms with E-state index in [4.69, 9.17) is 4.74 Å². The van der Waals surface area contributed by atoms with E-state index in [1.165, 1.54) is 0 Å². The van der Waals surface area contributed by atoms with Crippen molar-refractivity contribution in [2.45, 2.75) is 32.3 Å². The number of ether oxygens (including phenoxy) is 1. The van der Waals surface area contributed by atoms with Crippen LogP contribution in [-0.4, -0.2) is 28.8 Å². The lowest BCUT2D eigenvalue weighted by Crippen LogP contribution is -2.10. The molecule has 0 saturated heterocycles. The molecule has 0 amide bonds. The third-order valence-electron chi connectivity index (χ3n) is 2.38. The second-order valence-corrected chi connectivity index (χ2v) is 3.78. The fourth-order valence-electron chi connectivity index (χ4n) is 1.33. The average molecular weight is 210 g/mol. The Morgan fingerprint density at radius 1 is 1.67 bits per heavy atom. The van der Waals surface area contributed by atoms with Crippen LogP contribution in [0.5, 0.6) is 0 Å². The molecule has 4 nitrogen and oxygen atoms in total. The summed E-state index contributed by atoms with van der Waals surface area (Å²) in [4.78, 5) is 11.5. The first-order valence-corrected chi connectivity index (χ1v) is 5.15. The largest absolute Gasteiger partial charge is 0.382 e. The highest BCUT2D eigenvalue weighted by atomic mass is 16.5. The molecule has 0 aliphatic rings. The number of Topliss-reactive ketones (excluding diaryl/α,β-unsaturated/α-hetero) is 1. The van der Waals surface area contributed by atoms with Crippen molar-refractivity contribution in [1.82, 2.24) is 9.78 Å². The molecule has 1 heterocycles. The highest BCUT2D eigenvalue weighted by Crippen LogP contribution is 2.04. The number of carbonyl (C=O) groups is 1. The maximum absolute atomic E-state index is 11.5. The minimum absolute atomic E-state index is 0.151. The lowest BCUT2D eigenvalue weighted by atomic mass is 10.1. The highest BCUT2D eigenvalue weighted by molar-refractivity contribution is 5.80. The third-order valence-corrected chi connectivity index (χ3v) is 2.38. The van der Waals surface area contributed by atoms with Crippen molar-refractivity contribution >= 4 is 5.78 Å². The Morgan fingerprint density at radius 2 is 2.40 bits per heavy atom. The van der Waals surface area contributed by atoms with Crippen molar-refractivity contribution in [2.24, 2.45) is 7.05 Å². The smallest absolute Gasteiger partial charge is 0.139 e. The van der Waals surface area contributed by atoms with Crippen LogP contribution in [0.4, 0.5) is 0 Å². The Hall–Kier alpha value is -1.16. The molecule has 0 N–H and O–H groups in total. The molecule has 15 heavy (non-hydrogen) atoms. The van der Waals surface area contributed by atoms with E-state index in [9.17, 15) is 4.79 Å². The van der Waals surface area contributed by atoms with Crippen molar-refractivity contribution in [2.75, 3.05) is 7.11 Å². The van der Waals surface area contributed by atoms with Gasteiger partial charge in [-0.2, -0.15) is 5.10 Å². The first-order chi connectivity index (χ1) is 7.11. The second kappa shape index (κ2) is 5.66. The van der Waals surface area contributed by atoms with Crippen LogP contribution in [0.1, 0.15) is 25.5 Å². The van der Waals surface area contributed by atoms with E-state index < -0.39 is 0 Å². The van der Waals surface area contributed by atoms with E-state index in [2.05, 4.69) is 5.10 Å². The number of hydrogen-bond donors (Lipinski definition) is 0. The number of rotatable bonds is 6. The van der Waals surface area contributed by atoms with E-state index >= 15 is 0 Å². The van der Waals surface area contributed by atoms with Crippen LogP contribution in [0, 0.1) is 0 Å². The molecule has 0 fully saturated rings. The van der Waals surface area contributed by atoms with Gasteiger partial charge < -0.3 is 4.74 Å². The van der Waals surface area contributed by atoms with Crippen molar-refractivity contribution < 1.29 is 9.53 Å². The van der Waals surface area contributed by atoms with Crippen LogP contribution in [0.2, 0.25) is 0 Å². The molecule has 1 aromatic heterocycles. The molecule has 0 aromatic carbocycles. The SMILES string of the molecule is COC(C)CCC(=O)Cc1ccn(C)n1. The standard InChI is InChI=1S/C11H18N2O2/c1-9(15-3)4-5-11(14)8-10-6-7-13(2)12-10/h6-7,9H,4-5,8H2,1-3H3. The van der Waals surface area contributed by atoms with E-state index in [0.717, 1.165) is 12.1 Å². The van der Waals surface area contributed by atoms with Gasteiger partial charge in [-0.1, -0.05) is 0 Å². The quantitative estimate of drug-likeness (QED) is 0.711. The van der Waals surface area contributed by atoms with Gasteiger partial charge in [-0.15, -0.1) is 0 Å². The van der Waals surface area contributed by atoms with Gasteiger partial charge in [-0.3, -0.25) is 9.48 Å². The van der Waals surface area contributed by atoms with Crippen molar-refractivity contribution in [3.05, 3.63) is 18.0 Å². The Labute approximate surface area is 90.2 Å². The van der Waals surface area contributed by atoms with E-state index in [1.807, 2.05) is 26.2 Å². The molecule has 1 aromatic rings. The molecule has 0 aliphatic carbocycles. The van der Waals surface area contributed by atoms with Gasteiger partial charge in [-0.25, -0.2) is 0 Å². The van der Waals surface area contributed by atoms with Gasteiger partial charge in [0, 0.05) is 26.8 Å². The summed E-state index contributed by atoms with van der Waals surface area (Å²) < 4.78 is 6.79. The fraction of sp³-hybridized carbons (Fsp3) is 0.636. The minimum atomic E-state index is 0.151. The van der Waals surface area contributed by atoms with Gasteiger partial charge >= 0.3 is 0 Å². The van der Waals surface area contributed by atoms with E-state index in [0.29, 0.717) is 12.8 Å². The summed E-state index contributed by atoms with van der Waals surface area (Å²) in [6.45, 7) is 1.97. The summed E-state index contributed by atoms with van der Waals surface area (Å²) in [6, 6.07) is 1.87. The molecule has 0 aliphatic heterocycles. The Balaban J connectivity index is 2.30. The lowest BCUT2D eigenvalue weighted by molar-refractivity contribution is -0.119. The van der Waals surface area contributed by atoms with Crippen molar-refractivity contribution in [3.63, 3.8) is 0 Å². The predicted octanol–water partition coefficient (Wildman–Crippen LogP) is 1.35. The fourth-order valence-corrected chi connectivity index (χ4v) is 1.33. The molecule has 1 unspecified atom stereocenters. The van der Waals surface area contributed by atoms with Gasteiger partial charge in [0.15, 0.2) is 0 Å². The molecule has 4 heteroatoms. The Morgan fingerprint density at radius 3 is 2.93 bits per heavy atom. The van der Waals surface area contributed by atoms with Gasteiger partial charge in [0.05, 0.1) is 18.2 Å². The summed E-state index contributed by atoms with van der Waals surface area (Å²) in [5.41, 5.74) is 0.840. The maximum atomic E-state index is 11.5. The van der Waals surface area contributed by atoms with Crippen LogP contribution in [-0.2, 0) is 23.0 Å². The summed E-state index contributed by atoms with van der Waals surface area (Å²) in [5.74, 6) is 0.220. The number of nitrogens with zero attached hydrogens (tertiary/aromatic N) is 2. The molecule has 0 spiro atoms. The summed E-state index contributed by atoms with van der Waals surface area (Å²) in [6.07, 6.45) is 3.77. The maximum Gasteiger partial charge on any atom is 0.139 e. The van der Waals surface area contributed by atoms with Crippen LogP contribution >= 0.6 is 0 Å². The van der Waals surface area contributed by atoms with E-state index in [-0.39, 0.29) is 11.9 Å². The van der Waals surface area contributed by atoms with Crippen molar-refractivity contribution in [3.8, 4) is 0 Å². The second-order valence-electron chi connectivity index (χ2n) is 3.78. The Kier molecular flexibility index (Phi) is 4.49. The normalized spacial score (nSPS) is 12.7. The molecule has 1 atom stereocenters. The number of carbonyl (C=O) groups excluding carboxylic acids is 1. The average Bonchev–Trinajstić information content (AvgIpc) is 2.60. The van der Waals surface area contributed by atoms with Crippen LogP contribution < -0.4 is 0 Å². The first-order valence-electron chi connectivity index (χ1n) is 5.15. The lowest BCUT2D eigenvalue weighted by Gasteiger charge is -2.07. The predicted molar refractivity (Wildman–Crippen MR) is 57.6 cm³/mol. The van der Waals surface area contributed by atoms with Crippen LogP contribution in [0.25, 0.3) is 0 Å². The summed E-state index contributed by atoms with van der Waals surface area (Å²) in [7, 11) is 3.51. The minimum Gasteiger partial charge on any atom is -0.382 e. The number of aromatic nitrogens is 2. The summed E-state index contributed by atoms with van der Waals surface area (Å²) in [5, 5.41) is 4.16. The highest BCUT2D eigenvalue weighted by Gasteiger charge is 2.08. The monoisotopic (exact) mass is 210 g/mol. The molecule has 0 radical (unpaired) electrons. The zero-order chi connectivity index (χ0) is 11.3. The van der Waals surface area contributed by atoms with Gasteiger partial charge in [0.25, 0.3) is 0 Å². The number of hydrogen-bond acceptors (Lipinski definition) is 3. The topological polar surface area (TPSA) is 44.1 Å². The van der Waals surface area contributed by atoms with Gasteiger partial charge in [0.1, 0.15) is 5.78 Å². The third kappa shape index (κ3) is 4.25. The number of methoxy groups -OCH3 is 1. The molecule has 0 bridgehead atoms. The molecular weight excluding hydrogens is 192 g/mol. The van der Waals surface area contributed by atoms with Crippen LogP contribution in [0.3, 0.4) is 0 Å². The molecular formula is C11H18N2O2. The Bertz CT molecular complexity index is 320. The molecule has 84 valence electrons. The van der Waals surface area contributed by atoms with E-state index in [1.54, 1.807) is 11.8 Å². The first kappa shape index (κ1) is 11.9. The zero-order valence-electron chi connectivity index (χ0n) is 9.56. The molecule has 1 rings (SSSR count). The zero-order valence-corrected chi connectivity index (χ0v) is 9.56. The molecule has 0 saturated carbocycles. The van der Waals surface area contributed by atoms with Gasteiger partial charge in [-0.05, 0) is 19.4 Å². The number of ketones is 1. The number of aryl methyl sites for hydroxylation is 1. The summed E-state index contributed by atoms with van der Waals surface area (Å²) >= 11 is 0. The van der Waals surface area contributed by atoms with Crippen molar-refractivity contribution in [1.29, 1.82) is 0 Å². The van der Waals surface area contributed by atoms with Gasteiger partial charge in [0.2, 0.25) is 0 Å². The van der Waals surface area contributed by atoms with Crippen LogP contribution in [0.15, 0.2) is 12.3 Å².